The van der Waals surface area contributed by atoms with Crippen LogP contribution in [0, 0.1) is 23.7 Å². The lowest BCUT2D eigenvalue weighted by molar-refractivity contribution is -0.347. The lowest BCUT2D eigenvalue weighted by atomic mass is 9.79. The Kier molecular flexibility index (Phi) is 14.2. The molecule has 3 N–H and O–H groups in total. The number of aliphatic hydroxyl groups excluding tert-OH is 3. The summed E-state index contributed by atoms with van der Waals surface area (Å²) < 4.78 is 104. The third kappa shape index (κ3) is 9.59. The van der Waals surface area contributed by atoms with E-state index in [1.165, 1.54) is 0 Å². The minimum absolute atomic E-state index is 0.0184. The summed E-state index contributed by atoms with van der Waals surface area (Å²) in [6, 6.07) is 0. The zero-order valence-electron chi connectivity index (χ0n) is 47.2. The molecule has 1 unspecified atom stereocenters. The van der Waals surface area contributed by atoms with E-state index in [2.05, 4.69) is 40.9 Å². The standard InChI is InChI=1S/C61H88O19/c1-27-15-34-7-9-38-28(2)16-36(66-38)11-13-59-14-12-40-55(79-59)56-57(71-40)58(80-59)54-39(70-56)10-8-35(68-54)18-49(65)74-53-32(6)52-45(69-44(53)19-41(67-34)31(27)5)21-43-47(73-52)24-61(75-43)25-48-51(78-61)30(4)23-60(77-48)22-29(3)50-46(76-60)20-42(72-50)37(64)17-33(63)26-62/h27,29-30,32-48,50-58,62-64H,2,5,7-26H2,1,3-4,6H3/t27-,29+,30+,32+,33-,34+,35-,36+,37+,38+,39+,40-,41-,42+,43-,44+,45+,46+,47-,48+,50+,51+,52+,53-,54+,55?,56+,57-,58+,59+,60-,61+/m1/s1. The van der Waals surface area contributed by atoms with E-state index in [1.807, 2.05) is 0 Å². The largest absolute Gasteiger partial charge is 0.459 e. The molecule has 0 aliphatic carbocycles. The minimum atomic E-state index is -1.02. The lowest BCUT2D eigenvalue weighted by Crippen LogP contribution is -2.62. The Morgan fingerprint density at radius 3 is 2.00 bits per heavy atom. The number of rotatable bonds is 4. The first-order chi connectivity index (χ1) is 38.5. The molecule has 15 rings (SSSR count). The Bertz CT molecular complexity index is 2360. The number of hydrogen-bond donors (Lipinski definition) is 3. The van der Waals surface area contributed by atoms with Crippen LogP contribution in [0.2, 0.25) is 0 Å². The van der Waals surface area contributed by atoms with Crippen LogP contribution in [0.1, 0.15) is 150 Å². The summed E-state index contributed by atoms with van der Waals surface area (Å²) in [5.74, 6) is -2.74. The zero-order chi connectivity index (χ0) is 54.7. The molecular weight excluding hydrogens is 1040 g/mol. The van der Waals surface area contributed by atoms with Gasteiger partial charge in [-0.25, -0.2) is 0 Å². The van der Waals surface area contributed by atoms with E-state index in [0.717, 1.165) is 62.5 Å². The molecule has 15 fully saturated rings. The highest BCUT2D eigenvalue weighted by atomic mass is 16.8. The summed E-state index contributed by atoms with van der Waals surface area (Å²) in [5.41, 5.74) is 2.16. The number of fused-ring (bicyclic) bond motifs is 10. The van der Waals surface area contributed by atoms with Crippen molar-refractivity contribution >= 4 is 5.97 Å². The second-order valence-electron chi connectivity index (χ2n) is 27.9. The Balaban J connectivity index is 0.657. The van der Waals surface area contributed by atoms with Gasteiger partial charge in [0.25, 0.3) is 0 Å². The van der Waals surface area contributed by atoms with E-state index < -0.39 is 72.8 Å². The lowest BCUT2D eigenvalue weighted by Gasteiger charge is -2.50. The predicted octanol–water partition coefficient (Wildman–Crippen LogP) is 5.32. The average molecular weight is 1130 g/mol. The molecular formula is C61H88O19. The highest BCUT2D eigenvalue weighted by Crippen LogP contribution is 2.57. The first-order valence-corrected chi connectivity index (χ1v) is 31.3. The van der Waals surface area contributed by atoms with Gasteiger partial charge in [0.2, 0.25) is 0 Å². The smallest absolute Gasteiger partial charge is 0.308 e. The Morgan fingerprint density at radius 1 is 0.500 bits per heavy atom. The van der Waals surface area contributed by atoms with Crippen LogP contribution in [0.4, 0.5) is 0 Å². The second kappa shape index (κ2) is 20.7. The van der Waals surface area contributed by atoms with Crippen molar-refractivity contribution in [3.8, 4) is 0 Å². The number of hydrogen-bond acceptors (Lipinski definition) is 19. The van der Waals surface area contributed by atoms with Gasteiger partial charge in [0, 0.05) is 70.1 Å². The van der Waals surface area contributed by atoms with Crippen LogP contribution >= 0.6 is 0 Å². The van der Waals surface area contributed by atoms with Crippen LogP contribution in [0.25, 0.3) is 0 Å². The van der Waals surface area contributed by atoms with Crippen molar-refractivity contribution in [2.45, 2.75) is 320 Å². The maximum absolute atomic E-state index is 14.6. The minimum Gasteiger partial charge on any atom is -0.459 e. The van der Waals surface area contributed by atoms with Crippen LogP contribution in [0.15, 0.2) is 24.3 Å². The van der Waals surface area contributed by atoms with E-state index in [0.29, 0.717) is 57.8 Å². The van der Waals surface area contributed by atoms with Gasteiger partial charge in [-0.05, 0) is 80.3 Å². The Hall–Kier alpha value is -1.73. The molecule has 0 aromatic heterocycles. The fraction of sp³-hybridized carbons (Fsp3) is 0.918. The van der Waals surface area contributed by atoms with Crippen molar-refractivity contribution < 1.29 is 91.2 Å². The summed E-state index contributed by atoms with van der Waals surface area (Å²) in [6.07, 6.45) is 3.16. The van der Waals surface area contributed by atoms with Crippen LogP contribution in [0.5, 0.6) is 0 Å². The number of carbonyl (C=O) groups is 1. The summed E-state index contributed by atoms with van der Waals surface area (Å²) in [6.45, 7) is 17.4. The molecule has 3 spiro atoms. The van der Waals surface area contributed by atoms with Crippen LogP contribution in [-0.2, 0) is 75.8 Å². The third-order valence-corrected chi connectivity index (χ3v) is 22.2. The first-order valence-electron chi connectivity index (χ1n) is 31.3. The van der Waals surface area contributed by atoms with Gasteiger partial charge in [-0.1, -0.05) is 40.9 Å². The maximum atomic E-state index is 14.6. The Morgan fingerprint density at radius 2 is 1.16 bits per heavy atom. The van der Waals surface area contributed by atoms with E-state index in [1.54, 1.807) is 0 Å². The molecule has 0 aromatic carbocycles. The monoisotopic (exact) mass is 1120 g/mol. The first kappa shape index (κ1) is 54.9. The number of carbonyl (C=O) groups excluding carboxylic acids is 1. The SMILES string of the molecule is C=C1C[C@@H]2CC[C@@]34CC[C@H]5O[C@H]6[C@@H](O3)[C@H]3O[C@H](CC[C@@H]3O[C@H]6C5O4)CC(=O)O[C@@H]3[C@@H](C)[C@@H]4O[C@@H]5C[C@]6(C[C@@H]7O[C@]8(C[C@H](C)[C@@H]9O[C@H]([C@@H](O)C[C@@H](O)CO)C[C@@H]9O8)C[C@H](C)[C@@H]7O6)O[C@@H]5C[C@@H]4O[C@H]3C[C@H]3O[C@@H](CC[C@@H]1O2)C[C@@H](C)C3=C. The molecule has 19 nitrogen and oxygen atoms in total. The second-order valence-corrected chi connectivity index (χ2v) is 27.9. The van der Waals surface area contributed by atoms with Crippen LogP contribution < -0.4 is 0 Å². The van der Waals surface area contributed by atoms with Gasteiger partial charge in [-0.15, -0.1) is 0 Å². The van der Waals surface area contributed by atoms with Crippen LogP contribution in [0.3, 0.4) is 0 Å². The third-order valence-electron chi connectivity index (χ3n) is 22.2. The maximum Gasteiger partial charge on any atom is 0.308 e. The molecule has 80 heavy (non-hydrogen) atoms. The highest BCUT2D eigenvalue weighted by molar-refractivity contribution is 5.70. The van der Waals surface area contributed by atoms with Gasteiger partial charge in [-0.3, -0.25) is 4.79 Å². The van der Waals surface area contributed by atoms with E-state index in [4.69, 9.17) is 71.1 Å². The van der Waals surface area contributed by atoms with E-state index in [-0.39, 0.29) is 146 Å². The van der Waals surface area contributed by atoms with Crippen molar-refractivity contribution in [2.24, 2.45) is 23.7 Å². The molecule has 15 heterocycles. The van der Waals surface area contributed by atoms with Crippen molar-refractivity contribution in [1.82, 2.24) is 0 Å². The zero-order valence-corrected chi connectivity index (χ0v) is 47.2. The molecule has 446 valence electrons. The topological polar surface area (TPSA) is 216 Å². The fourth-order valence-electron chi connectivity index (χ4n) is 18.3. The Labute approximate surface area is 469 Å². The molecule has 11 bridgehead atoms. The van der Waals surface area contributed by atoms with E-state index in [9.17, 15) is 20.1 Å². The quantitative estimate of drug-likeness (QED) is 0.240. The number of ether oxygens (including phenoxy) is 15. The van der Waals surface area contributed by atoms with Crippen molar-refractivity contribution in [1.29, 1.82) is 0 Å². The van der Waals surface area contributed by atoms with Crippen LogP contribution in [-0.4, -0.2) is 198 Å². The molecule has 32 atom stereocenters. The average Bonchev–Trinajstić information content (AvgIpc) is 4.39. The summed E-state index contributed by atoms with van der Waals surface area (Å²) in [7, 11) is 0. The molecule has 15 aliphatic heterocycles. The van der Waals surface area contributed by atoms with Crippen molar-refractivity contribution in [3.05, 3.63) is 24.3 Å². The van der Waals surface area contributed by atoms with Gasteiger partial charge in [-0.2, -0.15) is 0 Å². The van der Waals surface area contributed by atoms with Gasteiger partial charge < -0.3 is 86.4 Å². The van der Waals surface area contributed by atoms with Crippen molar-refractivity contribution in [3.63, 3.8) is 0 Å². The van der Waals surface area contributed by atoms with Crippen molar-refractivity contribution in [2.75, 3.05) is 6.61 Å². The fourth-order valence-corrected chi connectivity index (χ4v) is 18.3. The molecule has 0 amide bonds. The molecule has 15 saturated heterocycles. The number of esters is 1. The molecule has 19 heteroatoms. The van der Waals surface area contributed by atoms with Gasteiger partial charge in [0.1, 0.15) is 36.6 Å². The number of aliphatic hydroxyl groups is 3. The highest BCUT2D eigenvalue weighted by Gasteiger charge is 2.68. The van der Waals surface area contributed by atoms with Gasteiger partial charge in [0.05, 0.1) is 129 Å². The molecule has 0 saturated carbocycles. The van der Waals surface area contributed by atoms with Gasteiger partial charge in [0.15, 0.2) is 17.4 Å². The summed E-state index contributed by atoms with van der Waals surface area (Å²) >= 11 is 0. The summed E-state index contributed by atoms with van der Waals surface area (Å²) in [5, 5.41) is 30.4. The predicted molar refractivity (Wildman–Crippen MR) is 278 cm³/mol. The molecule has 15 aliphatic rings. The van der Waals surface area contributed by atoms with E-state index >= 15 is 0 Å². The normalized spacial score (nSPS) is 56.8. The molecule has 0 radical (unpaired) electrons. The summed E-state index contributed by atoms with van der Waals surface area (Å²) in [4.78, 5) is 14.6. The molecule has 0 aromatic rings. The van der Waals surface area contributed by atoms with Gasteiger partial charge >= 0.3 is 5.97 Å².